The summed E-state index contributed by atoms with van der Waals surface area (Å²) in [6.07, 6.45) is 0.0889. The standard InChI is InChI=1S/C21H16F2N2O5/c1-3-8-25-19(27)14-6-4-12(9-15(14)20(25)28)21(29)30-11(2)18(26)24-17-7-5-13(22)10-16(17)23/h3-7,9-11H,1,8H2,2H3,(H,24,26)/t11-/m0/s1. The lowest BCUT2D eigenvalue weighted by atomic mass is 10.1. The summed E-state index contributed by atoms with van der Waals surface area (Å²) in [7, 11) is 0. The summed E-state index contributed by atoms with van der Waals surface area (Å²) in [5, 5.41) is 2.20. The molecule has 0 aliphatic carbocycles. The number of nitrogens with zero attached hydrogens (tertiary/aromatic N) is 1. The van der Waals surface area contributed by atoms with E-state index in [9.17, 15) is 28.0 Å². The molecule has 1 aliphatic heterocycles. The van der Waals surface area contributed by atoms with Crippen LogP contribution in [0.5, 0.6) is 0 Å². The SMILES string of the molecule is C=CCN1C(=O)c2ccc(C(=O)O[C@@H](C)C(=O)Nc3ccc(F)cc3F)cc2C1=O. The van der Waals surface area contributed by atoms with E-state index in [1.165, 1.54) is 31.2 Å². The zero-order valence-corrected chi connectivity index (χ0v) is 15.8. The van der Waals surface area contributed by atoms with E-state index in [1.54, 1.807) is 0 Å². The highest BCUT2D eigenvalue weighted by Gasteiger charge is 2.35. The first-order chi connectivity index (χ1) is 14.2. The predicted octanol–water partition coefficient (Wildman–Crippen LogP) is 2.93. The number of benzene rings is 2. The molecule has 2 aromatic rings. The van der Waals surface area contributed by atoms with Gasteiger partial charge in [0.05, 0.1) is 22.4 Å². The molecule has 2 aromatic carbocycles. The molecular weight excluding hydrogens is 398 g/mol. The number of halogens is 2. The van der Waals surface area contributed by atoms with Crippen LogP contribution in [0.1, 0.15) is 38.0 Å². The minimum absolute atomic E-state index is 0.0310. The topological polar surface area (TPSA) is 92.8 Å². The second-order valence-electron chi connectivity index (χ2n) is 6.43. The second kappa shape index (κ2) is 8.24. The summed E-state index contributed by atoms with van der Waals surface area (Å²) in [6, 6.07) is 6.45. The van der Waals surface area contributed by atoms with Crippen LogP contribution in [0.4, 0.5) is 14.5 Å². The molecule has 1 heterocycles. The third kappa shape index (κ3) is 3.95. The van der Waals surface area contributed by atoms with E-state index in [4.69, 9.17) is 4.74 Å². The second-order valence-corrected chi connectivity index (χ2v) is 6.43. The predicted molar refractivity (Wildman–Crippen MR) is 102 cm³/mol. The fraction of sp³-hybridized carbons (Fsp3) is 0.143. The van der Waals surface area contributed by atoms with Crippen molar-refractivity contribution >= 4 is 29.4 Å². The van der Waals surface area contributed by atoms with E-state index in [0.717, 1.165) is 17.0 Å². The monoisotopic (exact) mass is 414 g/mol. The molecule has 0 spiro atoms. The van der Waals surface area contributed by atoms with Crippen molar-refractivity contribution in [1.29, 1.82) is 0 Å². The molecule has 3 rings (SSSR count). The maximum absolute atomic E-state index is 13.7. The Balaban J connectivity index is 1.70. The van der Waals surface area contributed by atoms with Crippen LogP contribution in [-0.4, -0.2) is 41.2 Å². The first-order valence-corrected chi connectivity index (χ1v) is 8.81. The van der Waals surface area contributed by atoms with Gasteiger partial charge < -0.3 is 10.1 Å². The number of imide groups is 1. The number of ether oxygens (including phenoxy) is 1. The van der Waals surface area contributed by atoms with Gasteiger partial charge in [-0.1, -0.05) is 6.08 Å². The molecule has 154 valence electrons. The van der Waals surface area contributed by atoms with Gasteiger partial charge in [-0.25, -0.2) is 13.6 Å². The van der Waals surface area contributed by atoms with Gasteiger partial charge in [0, 0.05) is 12.6 Å². The average molecular weight is 414 g/mol. The summed E-state index contributed by atoms with van der Waals surface area (Å²) < 4.78 is 31.7. The number of rotatable bonds is 6. The fourth-order valence-electron chi connectivity index (χ4n) is 2.82. The molecule has 30 heavy (non-hydrogen) atoms. The molecule has 0 fully saturated rings. The average Bonchev–Trinajstić information content (AvgIpc) is 2.94. The lowest BCUT2D eigenvalue weighted by molar-refractivity contribution is -0.123. The summed E-state index contributed by atoms with van der Waals surface area (Å²) >= 11 is 0. The summed E-state index contributed by atoms with van der Waals surface area (Å²) in [6.45, 7) is 4.79. The van der Waals surface area contributed by atoms with E-state index < -0.39 is 41.4 Å². The highest BCUT2D eigenvalue weighted by molar-refractivity contribution is 6.22. The van der Waals surface area contributed by atoms with Gasteiger partial charge in [0.2, 0.25) is 0 Å². The van der Waals surface area contributed by atoms with Gasteiger partial charge in [-0.05, 0) is 37.3 Å². The highest BCUT2D eigenvalue weighted by atomic mass is 19.1. The van der Waals surface area contributed by atoms with Crippen LogP contribution in [0.3, 0.4) is 0 Å². The highest BCUT2D eigenvalue weighted by Crippen LogP contribution is 2.24. The molecule has 0 bridgehead atoms. The first-order valence-electron chi connectivity index (χ1n) is 8.81. The van der Waals surface area contributed by atoms with Crippen LogP contribution in [0.2, 0.25) is 0 Å². The molecular formula is C21H16F2N2O5. The van der Waals surface area contributed by atoms with Crippen LogP contribution in [0.15, 0.2) is 49.1 Å². The number of fused-ring (bicyclic) bond motifs is 1. The number of hydrogen-bond donors (Lipinski definition) is 1. The van der Waals surface area contributed by atoms with Crippen LogP contribution in [0.25, 0.3) is 0 Å². The van der Waals surface area contributed by atoms with E-state index in [-0.39, 0.29) is 28.9 Å². The van der Waals surface area contributed by atoms with Gasteiger partial charge >= 0.3 is 5.97 Å². The van der Waals surface area contributed by atoms with Crippen molar-refractivity contribution < 1.29 is 32.7 Å². The summed E-state index contributed by atoms with van der Waals surface area (Å²) in [4.78, 5) is 50.0. The van der Waals surface area contributed by atoms with E-state index in [1.807, 2.05) is 0 Å². The number of hydrogen-bond acceptors (Lipinski definition) is 5. The maximum Gasteiger partial charge on any atom is 0.338 e. The smallest absolute Gasteiger partial charge is 0.338 e. The lowest BCUT2D eigenvalue weighted by Crippen LogP contribution is -2.30. The molecule has 1 aliphatic rings. The van der Waals surface area contributed by atoms with Gasteiger partial charge in [-0.15, -0.1) is 6.58 Å². The number of carbonyl (C=O) groups is 4. The fourth-order valence-corrected chi connectivity index (χ4v) is 2.82. The van der Waals surface area contributed by atoms with Crippen molar-refractivity contribution in [3.05, 3.63) is 77.4 Å². The van der Waals surface area contributed by atoms with Gasteiger partial charge in [0.15, 0.2) is 6.10 Å². The first kappa shape index (κ1) is 20.8. The minimum Gasteiger partial charge on any atom is -0.449 e. The van der Waals surface area contributed by atoms with Crippen molar-refractivity contribution in [3.63, 3.8) is 0 Å². The van der Waals surface area contributed by atoms with E-state index >= 15 is 0 Å². The third-order valence-corrected chi connectivity index (χ3v) is 4.36. The normalized spacial score (nSPS) is 13.6. The van der Waals surface area contributed by atoms with Crippen LogP contribution >= 0.6 is 0 Å². The molecule has 0 saturated carbocycles. The van der Waals surface area contributed by atoms with Gasteiger partial charge in [0.25, 0.3) is 17.7 Å². The van der Waals surface area contributed by atoms with Crippen molar-refractivity contribution in [1.82, 2.24) is 4.90 Å². The number of anilines is 1. The Bertz CT molecular complexity index is 1080. The quantitative estimate of drug-likeness (QED) is 0.446. The van der Waals surface area contributed by atoms with Crippen LogP contribution in [-0.2, 0) is 9.53 Å². The van der Waals surface area contributed by atoms with Crippen molar-refractivity contribution in [3.8, 4) is 0 Å². The van der Waals surface area contributed by atoms with Gasteiger partial charge in [-0.3, -0.25) is 19.3 Å². The molecule has 0 unspecified atom stereocenters. The number of carbonyl (C=O) groups excluding carboxylic acids is 4. The molecule has 9 heteroatoms. The Hall–Kier alpha value is -3.88. The zero-order valence-electron chi connectivity index (χ0n) is 15.8. The van der Waals surface area contributed by atoms with Crippen molar-refractivity contribution in [2.75, 3.05) is 11.9 Å². The Labute approximate surface area is 169 Å². The third-order valence-electron chi connectivity index (χ3n) is 4.36. The number of esters is 1. The Morgan fingerprint density at radius 2 is 1.83 bits per heavy atom. The van der Waals surface area contributed by atoms with E-state index in [0.29, 0.717) is 6.07 Å². The van der Waals surface area contributed by atoms with Crippen LogP contribution in [0, 0.1) is 11.6 Å². The Morgan fingerprint density at radius 3 is 2.50 bits per heavy atom. The summed E-state index contributed by atoms with van der Waals surface area (Å²) in [5.74, 6) is -4.60. The molecule has 1 N–H and O–H groups in total. The number of nitrogens with one attached hydrogen (secondary N) is 1. The molecule has 0 aromatic heterocycles. The summed E-state index contributed by atoms with van der Waals surface area (Å²) in [5.41, 5.74) is -0.117. The lowest BCUT2D eigenvalue weighted by Gasteiger charge is -2.14. The Morgan fingerprint density at radius 1 is 1.13 bits per heavy atom. The van der Waals surface area contributed by atoms with Gasteiger partial charge in [-0.2, -0.15) is 0 Å². The molecule has 0 radical (unpaired) electrons. The minimum atomic E-state index is -1.31. The zero-order chi connectivity index (χ0) is 22.0. The molecule has 7 nitrogen and oxygen atoms in total. The van der Waals surface area contributed by atoms with Crippen molar-refractivity contribution in [2.45, 2.75) is 13.0 Å². The van der Waals surface area contributed by atoms with Gasteiger partial charge in [0.1, 0.15) is 11.6 Å². The largest absolute Gasteiger partial charge is 0.449 e. The Kier molecular flexibility index (Phi) is 5.72. The maximum atomic E-state index is 13.7. The number of amides is 3. The van der Waals surface area contributed by atoms with Crippen molar-refractivity contribution in [2.24, 2.45) is 0 Å². The molecule has 3 amide bonds. The molecule has 0 saturated heterocycles. The molecule has 1 atom stereocenters. The van der Waals surface area contributed by atoms with E-state index in [2.05, 4.69) is 11.9 Å². The van der Waals surface area contributed by atoms with Crippen LogP contribution < -0.4 is 5.32 Å².